The Labute approximate surface area is 98.0 Å². The Morgan fingerprint density at radius 2 is 1.60 bits per heavy atom. The Morgan fingerprint density at radius 1 is 1.07 bits per heavy atom. The van der Waals surface area contributed by atoms with E-state index in [1.54, 1.807) is 0 Å². The predicted molar refractivity (Wildman–Crippen MR) is 63.3 cm³/mol. The van der Waals surface area contributed by atoms with Crippen LogP contribution in [0.25, 0.3) is 0 Å². The van der Waals surface area contributed by atoms with Crippen molar-refractivity contribution in [2.75, 3.05) is 19.6 Å². The third-order valence-electron chi connectivity index (χ3n) is 3.29. The van der Waals surface area contributed by atoms with Gasteiger partial charge in [-0.05, 0) is 25.8 Å². The molecule has 1 atom stereocenters. The second kappa shape index (κ2) is 6.33. The summed E-state index contributed by atoms with van der Waals surface area (Å²) >= 11 is 0. The van der Waals surface area contributed by atoms with Gasteiger partial charge >= 0.3 is 0 Å². The Balaban J connectivity index is 0.00000112. The third-order valence-corrected chi connectivity index (χ3v) is 3.29. The minimum atomic E-state index is 0. The Hall–Kier alpha value is -0.280. The van der Waals surface area contributed by atoms with Crippen LogP contribution in [0.2, 0.25) is 0 Å². The highest BCUT2D eigenvalue weighted by molar-refractivity contribution is 5.85. The van der Waals surface area contributed by atoms with Gasteiger partial charge in [-0.25, -0.2) is 0 Å². The molecule has 0 radical (unpaired) electrons. The molecule has 2 aliphatic heterocycles. The smallest absolute Gasteiger partial charge is 0.239 e. The standard InChI is InChI=1S/C11H20N2O.ClH/c14-11(10-6-7-12-10)13-8-4-2-1-3-5-9-13;/h10,12H,1-9H2;1H/t10-;/m1./s1. The number of carbonyl (C=O) groups excluding carboxylic acids is 1. The lowest BCUT2D eigenvalue weighted by Gasteiger charge is -2.33. The zero-order valence-electron chi connectivity index (χ0n) is 9.21. The minimum absolute atomic E-state index is 0. The summed E-state index contributed by atoms with van der Waals surface area (Å²) in [7, 11) is 0. The molecule has 2 fully saturated rings. The molecule has 88 valence electrons. The van der Waals surface area contributed by atoms with E-state index in [0.717, 1.165) is 26.1 Å². The summed E-state index contributed by atoms with van der Waals surface area (Å²) in [6.45, 7) is 2.98. The summed E-state index contributed by atoms with van der Waals surface area (Å²) in [4.78, 5) is 14.0. The van der Waals surface area contributed by atoms with Crippen molar-refractivity contribution in [1.29, 1.82) is 0 Å². The molecule has 2 rings (SSSR count). The summed E-state index contributed by atoms with van der Waals surface area (Å²) in [6.07, 6.45) is 7.36. The molecule has 0 unspecified atom stereocenters. The molecule has 1 amide bonds. The van der Waals surface area contributed by atoms with Crippen molar-refractivity contribution in [3.05, 3.63) is 0 Å². The molecule has 0 aromatic rings. The van der Waals surface area contributed by atoms with Gasteiger partial charge in [-0.15, -0.1) is 12.4 Å². The van der Waals surface area contributed by atoms with Crippen molar-refractivity contribution in [1.82, 2.24) is 10.2 Å². The van der Waals surface area contributed by atoms with E-state index >= 15 is 0 Å². The highest BCUT2D eigenvalue weighted by Gasteiger charge is 2.28. The average molecular weight is 233 g/mol. The lowest BCUT2D eigenvalue weighted by Crippen LogP contribution is -2.54. The summed E-state index contributed by atoms with van der Waals surface area (Å²) < 4.78 is 0. The molecule has 0 bridgehead atoms. The number of nitrogens with zero attached hydrogens (tertiary/aromatic N) is 1. The first-order valence-electron chi connectivity index (χ1n) is 5.90. The van der Waals surface area contributed by atoms with E-state index in [1.165, 1.54) is 32.1 Å². The summed E-state index contributed by atoms with van der Waals surface area (Å²) in [5.41, 5.74) is 0. The van der Waals surface area contributed by atoms with Crippen molar-refractivity contribution in [2.24, 2.45) is 0 Å². The number of hydrogen-bond acceptors (Lipinski definition) is 2. The van der Waals surface area contributed by atoms with E-state index in [-0.39, 0.29) is 18.4 Å². The van der Waals surface area contributed by atoms with Gasteiger partial charge in [-0.1, -0.05) is 19.3 Å². The molecule has 3 nitrogen and oxygen atoms in total. The number of rotatable bonds is 1. The van der Waals surface area contributed by atoms with Crippen LogP contribution in [0, 0.1) is 0 Å². The summed E-state index contributed by atoms with van der Waals surface area (Å²) in [5.74, 6) is 0.346. The number of halogens is 1. The zero-order valence-corrected chi connectivity index (χ0v) is 10.0. The highest BCUT2D eigenvalue weighted by Crippen LogP contribution is 2.13. The zero-order chi connectivity index (χ0) is 9.80. The first-order chi connectivity index (χ1) is 6.88. The molecular weight excluding hydrogens is 212 g/mol. The fourth-order valence-electron chi connectivity index (χ4n) is 2.19. The van der Waals surface area contributed by atoms with Crippen molar-refractivity contribution >= 4 is 18.3 Å². The summed E-state index contributed by atoms with van der Waals surface area (Å²) in [5, 5.41) is 3.19. The molecule has 4 heteroatoms. The summed E-state index contributed by atoms with van der Waals surface area (Å²) in [6, 6.07) is 0.148. The van der Waals surface area contributed by atoms with Gasteiger partial charge in [0.05, 0.1) is 6.04 Å². The molecule has 1 N–H and O–H groups in total. The number of hydrogen-bond donors (Lipinski definition) is 1. The van der Waals surface area contributed by atoms with Crippen molar-refractivity contribution < 1.29 is 4.79 Å². The average Bonchev–Trinajstić information content (AvgIpc) is 1.99. The van der Waals surface area contributed by atoms with Crippen LogP contribution < -0.4 is 5.32 Å². The lowest BCUT2D eigenvalue weighted by atomic mass is 10.0. The Bertz CT molecular complexity index is 199. The SMILES string of the molecule is Cl.O=C([C@H]1CCN1)N1CCCCCCC1. The van der Waals surface area contributed by atoms with E-state index in [4.69, 9.17) is 0 Å². The van der Waals surface area contributed by atoms with Gasteiger partial charge in [0.15, 0.2) is 0 Å². The van der Waals surface area contributed by atoms with E-state index in [0.29, 0.717) is 5.91 Å². The first-order valence-corrected chi connectivity index (χ1v) is 5.90. The fraction of sp³-hybridized carbons (Fsp3) is 0.909. The monoisotopic (exact) mass is 232 g/mol. The van der Waals surface area contributed by atoms with Crippen LogP contribution in [0.4, 0.5) is 0 Å². The maximum atomic E-state index is 11.9. The number of amides is 1. The van der Waals surface area contributed by atoms with Crippen LogP contribution in [0.1, 0.15) is 38.5 Å². The Kier molecular flexibility index (Phi) is 5.40. The van der Waals surface area contributed by atoms with Gasteiger partial charge in [0.25, 0.3) is 0 Å². The fourth-order valence-corrected chi connectivity index (χ4v) is 2.19. The normalized spacial score (nSPS) is 26.9. The molecule has 0 saturated carbocycles. The Morgan fingerprint density at radius 3 is 2.07 bits per heavy atom. The molecule has 0 spiro atoms. The number of carbonyl (C=O) groups is 1. The second-order valence-corrected chi connectivity index (χ2v) is 4.39. The topological polar surface area (TPSA) is 32.3 Å². The lowest BCUT2D eigenvalue weighted by molar-refractivity contribution is -0.135. The molecule has 0 aromatic carbocycles. The van der Waals surface area contributed by atoms with Crippen molar-refractivity contribution in [3.8, 4) is 0 Å². The van der Waals surface area contributed by atoms with E-state index in [9.17, 15) is 4.79 Å². The molecule has 2 heterocycles. The molecule has 2 aliphatic rings. The number of nitrogens with one attached hydrogen (secondary N) is 1. The van der Waals surface area contributed by atoms with Crippen LogP contribution in [-0.4, -0.2) is 36.5 Å². The number of likely N-dealkylation sites (tertiary alicyclic amines) is 1. The third kappa shape index (κ3) is 3.35. The second-order valence-electron chi connectivity index (χ2n) is 4.39. The molecule has 15 heavy (non-hydrogen) atoms. The van der Waals surface area contributed by atoms with Gasteiger partial charge in [0.2, 0.25) is 5.91 Å². The van der Waals surface area contributed by atoms with Gasteiger partial charge in [0, 0.05) is 13.1 Å². The van der Waals surface area contributed by atoms with E-state index < -0.39 is 0 Å². The van der Waals surface area contributed by atoms with Crippen LogP contribution >= 0.6 is 12.4 Å². The van der Waals surface area contributed by atoms with Crippen LogP contribution in [-0.2, 0) is 4.79 Å². The molecular formula is C11H21ClN2O. The molecule has 2 saturated heterocycles. The van der Waals surface area contributed by atoms with Crippen LogP contribution in [0.5, 0.6) is 0 Å². The van der Waals surface area contributed by atoms with Gasteiger partial charge < -0.3 is 10.2 Å². The minimum Gasteiger partial charge on any atom is -0.341 e. The highest BCUT2D eigenvalue weighted by atomic mass is 35.5. The molecule has 0 aromatic heterocycles. The largest absolute Gasteiger partial charge is 0.341 e. The maximum absolute atomic E-state index is 11.9. The van der Waals surface area contributed by atoms with Crippen LogP contribution in [0.3, 0.4) is 0 Å². The van der Waals surface area contributed by atoms with E-state index in [1.807, 2.05) is 0 Å². The maximum Gasteiger partial charge on any atom is 0.239 e. The van der Waals surface area contributed by atoms with Gasteiger partial charge in [-0.2, -0.15) is 0 Å². The van der Waals surface area contributed by atoms with E-state index in [2.05, 4.69) is 10.2 Å². The van der Waals surface area contributed by atoms with Crippen molar-refractivity contribution in [3.63, 3.8) is 0 Å². The van der Waals surface area contributed by atoms with Crippen molar-refractivity contribution in [2.45, 2.75) is 44.6 Å². The molecule has 0 aliphatic carbocycles. The quantitative estimate of drug-likeness (QED) is 0.744. The first kappa shape index (κ1) is 12.8. The van der Waals surface area contributed by atoms with Gasteiger partial charge in [-0.3, -0.25) is 4.79 Å². The predicted octanol–water partition coefficient (Wildman–Crippen LogP) is 1.56. The van der Waals surface area contributed by atoms with Gasteiger partial charge in [0.1, 0.15) is 0 Å². The van der Waals surface area contributed by atoms with Crippen LogP contribution in [0.15, 0.2) is 0 Å².